The van der Waals surface area contributed by atoms with E-state index in [0.29, 0.717) is 17.1 Å². The molecule has 3 aromatic carbocycles. The van der Waals surface area contributed by atoms with Gasteiger partial charge < -0.3 is 15.2 Å². The number of amides is 1. The molecule has 0 fully saturated rings. The number of carboxylic acids is 1. The van der Waals surface area contributed by atoms with E-state index in [1.807, 2.05) is 6.07 Å². The normalized spacial score (nSPS) is 11.0. The third-order valence-corrected chi connectivity index (χ3v) is 5.07. The molecule has 0 saturated heterocycles. The minimum absolute atomic E-state index is 0.0770. The molecule has 4 N–H and O–H groups in total. The van der Waals surface area contributed by atoms with E-state index in [-0.39, 0.29) is 16.0 Å². The minimum atomic E-state index is -4.12. The number of primary sulfonamides is 1. The van der Waals surface area contributed by atoms with E-state index in [1.54, 1.807) is 48.5 Å². The topological polar surface area (TPSA) is 136 Å². The minimum Gasteiger partial charge on any atom is -0.480 e. The summed E-state index contributed by atoms with van der Waals surface area (Å²) in [5, 5.41) is 16.4. The fraction of sp³-hybridized carbons (Fsp3) is 0.0476. The van der Waals surface area contributed by atoms with Crippen LogP contribution < -0.4 is 15.2 Å². The summed E-state index contributed by atoms with van der Waals surface area (Å²) >= 11 is 0. The van der Waals surface area contributed by atoms with Crippen molar-refractivity contribution in [2.75, 3.05) is 6.54 Å². The maximum atomic E-state index is 12.3. The van der Waals surface area contributed by atoms with Crippen molar-refractivity contribution in [3.05, 3.63) is 78.4 Å². The lowest BCUT2D eigenvalue weighted by Gasteiger charge is -2.15. The Balaban J connectivity index is 2.11. The maximum absolute atomic E-state index is 12.3. The zero-order chi connectivity index (χ0) is 21.7. The fourth-order valence-corrected chi connectivity index (χ4v) is 3.51. The summed E-state index contributed by atoms with van der Waals surface area (Å²) in [6.07, 6.45) is 0. The van der Waals surface area contributed by atoms with Gasteiger partial charge in [0.05, 0.1) is 4.90 Å². The average molecular weight is 426 g/mol. The summed E-state index contributed by atoms with van der Waals surface area (Å²) in [5.74, 6) is -0.971. The summed E-state index contributed by atoms with van der Waals surface area (Å²) in [6, 6.07) is 19.4. The highest BCUT2D eigenvalue weighted by atomic mass is 32.2. The van der Waals surface area contributed by atoms with E-state index >= 15 is 0 Å². The Bertz CT molecular complexity index is 1190. The lowest BCUT2D eigenvalue weighted by Crippen LogP contribution is -2.29. The molecule has 9 heteroatoms. The molecule has 0 aromatic heterocycles. The van der Waals surface area contributed by atoms with Crippen molar-refractivity contribution >= 4 is 21.9 Å². The van der Waals surface area contributed by atoms with Gasteiger partial charge in [0.15, 0.2) is 0 Å². The Kier molecular flexibility index (Phi) is 6.14. The predicted octanol–water partition coefficient (Wildman–Crippen LogP) is 2.61. The second-order valence-electron chi connectivity index (χ2n) is 6.24. The number of para-hydroxylation sites is 2. The van der Waals surface area contributed by atoms with Gasteiger partial charge in [-0.05, 0) is 36.4 Å². The second kappa shape index (κ2) is 8.76. The van der Waals surface area contributed by atoms with Crippen LogP contribution in [0.15, 0.2) is 77.7 Å². The summed E-state index contributed by atoms with van der Waals surface area (Å²) < 4.78 is 30.2. The van der Waals surface area contributed by atoms with Gasteiger partial charge >= 0.3 is 5.97 Å². The smallest absolute Gasteiger partial charge is 0.322 e. The van der Waals surface area contributed by atoms with E-state index in [4.69, 9.17) is 15.0 Å². The Hall–Kier alpha value is -3.69. The van der Waals surface area contributed by atoms with Crippen molar-refractivity contribution in [1.29, 1.82) is 0 Å². The summed E-state index contributed by atoms with van der Waals surface area (Å²) in [7, 11) is -4.12. The molecule has 3 aromatic rings. The van der Waals surface area contributed by atoms with Crippen LogP contribution in [0.1, 0.15) is 10.4 Å². The molecular weight excluding hydrogens is 408 g/mol. The Labute approximate surface area is 173 Å². The first-order valence-corrected chi connectivity index (χ1v) is 10.3. The van der Waals surface area contributed by atoms with Crippen LogP contribution in [0.5, 0.6) is 11.5 Å². The van der Waals surface area contributed by atoms with Crippen LogP contribution in [-0.4, -0.2) is 31.9 Å². The zero-order valence-corrected chi connectivity index (χ0v) is 16.4. The Morgan fingerprint density at radius 1 is 0.933 bits per heavy atom. The van der Waals surface area contributed by atoms with E-state index in [1.165, 1.54) is 18.2 Å². The van der Waals surface area contributed by atoms with Crippen molar-refractivity contribution in [1.82, 2.24) is 5.32 Å². The molecule has 154 valence electrons. The van der Waals surface area contributed by atoms with E-state index in [0.717, 1.165) is 0 Å². The molecule has 1 amide bonds. The van der Waals surface area contributed by atoms with E-state index < -0.39 is 28.4 Å². The molecule has 0 aliphatic carbocycles. The number of sulfonamides is 1. The highest BCUT2D eigenvalue weighted by Crippen LogP contribution is 2.37. The molecular formula is C21H18N2O6S. The molecule has 0 heterocycles. The van der Waals surface area contributed by atoms with E-state index in [2.05, 4.69) is 5.32 Å². The monoisotopic (exact) mass is 426 g/mol. The highest BCUT2D eigenvalue weighted by molar-refractivity contribution is 7.89. The van der Waals surface area contributed by atoms with Crippen LogP contribution in [0.25, 0.3) is 11.1 Å². The second-order valence-corrected chi connectivity index (χ2v) is 7.77. The van der Waals surface area contributed by atoms with Gasteiger partial charge in [-0.2, -0.15) is 0 Å². The molecule has 0 unspecified atom stereocenters. The standard InChI is InChI=1S/C21H18N2O6S/c22-30(27,28)19-11-10-14(21(26)23-13-20(24)25)12-17(19)16-8-4-5-9-18(16)29-15-6-2-1-3-7-15/h1-12H,13H2,(H,23,26)(H,24,25)(H2,22,27,28). The zero-order valence-electron chi connectivity index (χ0n) is 15.6. The molecule has 0 radical (unpaired) electrons. The van der Waals surface area contributed by atoms with Gasteiger partial charge in [0.25, 0.3) is 5.91 Å². The number of carboxylic acid groups (broad SMARTS) is 1. The van der Waals surface area contributed by atoms with Crippen LogP contribution in [-0.2, 0) is 14.8 Å². The average Bonchev–Trinajstić information content (AvgIpc) is 2.72. The van der Waals surface area contributed by atoms with Gasteiger partial charge in [0.1, 0.15) is 18.0 Å². The molecule has 0 atom stereocenters. The molecule has 0 bridgehead atoms. The summed E-state index contributed by atoms with van der Waals surface area (Å²) in [6.45, 7) is -0.571. The van der Waals surface area contributed by atoms with Crippen molar-refractivity contribution in [2.24, 2.45) is 5.14 Å². The summed E-state index contributed by atoms with van der Waals surface area (Å²) in [4.78, 5) is 22.8. The maximum Gasteiger partial charge on any atom is 0.322 e. The number of nitrogens with one attached hydrogen (secondary N) is 1. The van der Waals surface area contributed by atoms with Gasteiger partial charge in [-0.1, -0.05) is 36.4 Å². The SMILES string of the molecule is NS(=O)(=O)c1ccc(C(=O)NCC(=O)O)cc1-c1ccccc1Oc1ccccc1. The number of ether oxygens (including phenoxy) is 1. The third-order valence-electron chi connectivity index (χ3n) is 4.10. The lowest BCUT2D eigenvalue weighted by atomic mass is 10.0. The Morgan fingerprint density at radius 3 is 2.27 bits per heavy atom. The molecule has 30 heavy (non-hydrogen) atoms. The van der Waals surface area contributed by atoms with Gasteiger partial charge in [-0.15, -0.1) is 0 Å². The number of hydrogen-bond acceptors (Lipinski definition) is 5. The number of rotatable bonds is 7. The number of carbonyl (C=O) groups is 2. The van der Waals surface area contributed by atoms with Crippen molar-refractivity contribution < 1.29 is 27.9 Å². The molecule has 0 spiro atoms. The fourth-order valence-electron chi connectivity index (χ4n) is 2.78. The quantitative estimate of drug-likeness (QED) is 0.531. The largest absolute Gasteiger partial charge is 0.480 e. The van der Waals surface area contributed by atoms with Crippen LogP contribution >= 0.6 is 0 Å². The van der Waals surface area contributed by atoms with Crippen LogP contribution in [0.2, 0.25) is 0 Å². The lowest BCUT2D eigenvalue weighted by molar-refractivity contribution is -0.135. The van der Waals surface area contributed by atoms with Crippen LogP contribution in [0.3, 0.4) is 0 Å². The molecule has 0 saturated carbocycles. The van der Waals surface area contributed by atoms with Crippen LogP contribution in [0, 0.1) is 0 Å². The molecule has 0 aliphatic rings. The highest BCUT2D eigenvalue weighted by Gasteiger charge is 2.20. The number of carbonyl (C=O) groups excluding carboxylic acids is 1. The van der Waals surface area contributed by atoms with Gasteiger partial charge in [-0.3, -0.25) is 9.59 Å². The first-order chi connectivity index (χ1) is 14.3. The first-order valence-electron chi connectivity index (χ1n) is 8.75. The third kappa shape index (κ3) is 5.02. The number of benzene rings is 3. The molecule has 8 nitrogen and oxygen atoms in total. The molecule has 3 rings (SSSR count). The first kappa shape index (κ1) is 21.0. The van der Waals surface area contributed by atoms with Gasteiger partial charge in [0, 0.05) is 16.7 Å². The van der Waals surface area contributed by atoms with Gasteiger partial charge in [-0.25, -0.2) is 13.6 Å². The van der Waals surface area contributed by atoms with E-state index in [9.17, 15) is 18.0 Å². The van der Waals surface area contributed by atoms with Crippen molar-refractivity contribution in [2.45, 2.75) is 4.90 Å². The van der Waals surface area contributed by atoms with Gasteiger partial charge in [0.2, 0.25) is 10.0 Å². The van der Waals surface area contributed by atoms with Crippen molar-refractivity contribution in [3.8, 4) is 22.6 Å². The predicted molar refractivity (Wildman–Crippen MR) is 110 cm³/mol. The summed E-state index contributed by atoms with van der Waals surface area (Å²) in [5.41, 5.74) is 0.637. The number of nitrogens with two attached hydrogens (primary N) is 1. The number of hydrogen-bond donors (Lipinski definition) is 3. The Morgan fingerprint density at radius 2 is 1.60 bits per heavy atom. The number of aliphatic carboxylic acids is 1. The van der Waals surface area contributed by atoms with Crippen LogP contribution in [0.4, 0.5) is 0 Å². The molecule has 0 aliphatic heterocycles. The van der Waals surface area contributed by atoms with Crippen molar-refractivity contribution in [3.63, 3.8) is 0 Å².